The van der Waals surface area contributed by atoms with Crippen molar-refractivity contribution in [3.8, 4) is 22.8 Å². The molecule has 0 unspecified atom stereocenters. The van der Waals surface area contributed by atoms with Crippen LogP contribution in [-0.2, 0) is 31.0 Å². The zero-order valence-electron chi connectivity index (χ0n) is 34.2. The van der Waals surface area contributed by atoms with Gasteiger partial charge in [-0.2, -0.15) is 0 Å². The Morgan fingerprint density at radius 1 is 0.887 bits per heavy atom. The minimum absolute atomic E-state index is 0.0428. The van der Waals surface area contributed by atoms with Crippen LogP contribution in [0.15, 0.2) is 83.8 Å². The third kappa shape index (κ3) is 8.00. The number of furan rings is 1. The highest BCUT2D eigenvalue weighted by atomic mass is 19.3. The SMILES string of the molecule is C=CC(=O)N1CCN(c2ccc(CCC(=O)N3C[C@H]4CCN(C(=O)c5cccc(-c6nc(NC(=O)C7(c8ccc9c(c8)OC(F)(F)O9)CC7)ccc6C)c5)CC[C@H]4C3)o2)C(=O)C1. The van der Waals surface area contributed by atoms with Gasteiger partial charge in [-0.25, -0.2) is 4.98 Å². The van der Waals surface area contributed by atoms with Gasteiger partial charge in [-0.3, -0.25) is 28.9 Å². The standard InChI is InChI=1S/C46H46F2N6O8/c1-3-38(55)52-21-22-54(40(57)27-52)41-14-10-34(60-41)9-13-39(56)53-25-31-15-19-51(20-16-32(31)26-53)43(58)30-6-4-5-29(23-30)42-28(2)7-12-37(49-42)50-44(59)45(17-18-45)33-8-11-35-36(24-33)62-46(47,48)61-35/h3-8,10-12,14,23-24,31-32H,1,9,13,15-22,25-27H2,2H3,(H,49,50,59)/t31-,32+. The summed E-state index contributed by atoms with van der Waals surface area (Å²) in [6, 6.07) is 18.8. The van der Waals surface area contributed by atoms with Crippen molar-refractivity contribution in [1.82, 2.24) is 19.7 Å². The molecular weight excluding hydrogens is 803 g/mol. The van der Waals surface area contributed by atoms with Gasteiger partial charge in [0, 0.05) is 69.3 Å². The maximum Gasteiger partial charge on any atom is 0.586 e. The van der Waals surface area contributed by atoms with Crippen LogP contribution in [0.1, 0.15) is 59.3 Å². The Morgan fingerprint density at radius 2 is 1.65 bits per heavy atom. The first kappa shape index (κ1) is 40.8. The highest BCUT2D eigenvalue weighted by Gasteiger charge is 2.53. The number of fused-ring (bicyclic) bond motifs is 2. The number of ether oxygens (including phenoxy) is 2. The van der Waals surface area contributed by atoms with Gasteiger partial charge in [0.25, 0.3) is 5.91 Å². The number of rotatable bonds is 10. The van der Waals surface area contributed by atoms with Gasteiger partial charge in [-0.15, -0.1) is 8.78 Å². The molecule has 0 spiro atoms. The number of halogens is 2. The number of carbonyl (C=O) groups is 5. The fourth-order valence-corrected chi connectivity index (χ4v) is 9.14. The highest BCUT2D eigenvalue weighted by Crippen LogP contribution is 2.52. The van der Waals surface area contributed by atoms with Gasteiger partial charge >= 0.3 is 6.29 Å². The van der Waals surface area contributed by atoms with E-state index in [-0.39, 0.29) is 65.8 Å². The summed E-state index contributed by atoms with van der Waals surface area (Å²) in [5.41, 5.74) is 2.37. The number of anilines is 2. The molecule has 1 N–H and O–H groups in total. The molecule has 0 bridgehead atoms. The van der Waals surface area contributed by atoms with Crippen LogP contribution >= 0.6 is 0 Å². The first-order valence-corrected chi connectivity index (χ1v) is 21.0. The van der Waals surface area contributed by atoms with Crippen molar-refractivity contribution in [2.45, 2.75) is 57.2 Å². The summed E-state index contributed by atoms with van der Waals surface area (Å²) in [4.78, 5) is 77.1. The van der Waals surface area contributed by atoms with Crippen LogP contribution in [0, 0.1) is 18.8 Å². The lowest BCUT2D eigenvalue weighted by Gasteiger charge is -2.32. The van der Waals surface area contributed by atoms with E-state index in [4.69, 9.17) is 9.40 Å². The molecule has 6 heterocycles. The number of pyridine rings is 1. The van der Waals surface area contributed by atoms with Gasteiger partial charge in [0.15, 0.2) is 11.5 Å². The van der Waals surface area contributed by atoms with Gasteiger partial charge in [-0.05, 0) is 98.0 Å². The van der Waals surface area contributed by atoms with Crippen LogP contribution in [0.3, 0.4) is 0 Å². The first-order valence-electron chi connectivity index (χ1n) is 21.0. The maximum absolute atomic E-state index is 14.0. The Labute approximate surface area is 356 Å². The Morgan fingerprint density at radius 3 is 2.37 bits per heavy atom. The van der Waals surface area contributed by atoms with Crippen molar-refractivity contribution in [3.63, 3.8) is 0 Å². The number of aryl methyl sites for hydroxylation is 2. The Kier molecular flexibility index (Phi) is 10.6. The number of alkyl halides is 2. The van der Waals surface area contributed by atoms with E-state index in [1.165, 1.54) is 28.0 Å². The number of likely N-dealkylation sites (tertiary alicyclic amines) is 2. The summed E-state index contributed by atoms with van der Waals surface area (Å²) >= 11 is 0. The Balaban J connectivity index is 0.778. The lowest BCUT2D eigenvalue weighted by atomic mass is 9.92. The van der Waals surface area contributed by atoms with E-state index in [0.29, 0.717) is 92.8 Å². The topological polar surface area (TPSA) is 155 Å². The average molecular weight is 849 g/mol. The zero-order chi connectivity index (χ0) is 43.3. The van der Waals surface area contributed by atoms with Crippen molar-refractivity contribution < 1.29 is 46.6 Å². The fourth-order valence-electron chi connectivity index (χ4n) is 9.14. The summed E-state index contributed by atoms with van der Waals surface area (Å²) in [6.45, 7) is 8.47. The van der Waals surface area contributed by atoms with Crippen LogP contribution < -0.4 is 19.7 Å². The molecule has 2 aromatic carbocycles. The fraction of sp³-hybridized carbons (Fsp3) is 0.391. The third-order valence-electron chi connectivity index (χ3n) is 12.8. The van der Waals surface area contributed by atoms with Crippen molar-refractivity contribution in [1.29, 1.82) is 0 Å². The monoisotopic (exact) mass is 848 g/mol. The second kappa shape index (κ2) is 16.0. The van der Waals surface area contributed by atoms with Gasteiger partial charge in [0.1, 0.15) is 18.1 Å². The molecule has 5 aliphatic rings. The summed E-state index contributed by atoms with van der Waals surface area (Å²) in [7, 11) is 0. The van der Waals surface area contributed by atoms with Crippen LogP contribution in [0.2, 0.25) is 0 Å². The van der Waals surface area contributed by atoms with E-state index >= 15 is 0 Å². The first-order chi connectivity index (χ1) is 29.8. The smallest absolute Gasteiger partial charge is 0.445 e. The molecule has 1 saturated carbocycles. The summed E-state index contributed by atoms with van der Waals surface area (Å²) in [5, 5.41) is 2.93. The zero-order valence-corrected chi connectivity index (χ0v) is 34.2. The largest absolute Gasteiger partial charge is 0.586 e. The number of nitrogens with zero attached hydrogens (tertiary/aromatic N) is 5. The van der Waals surface area contributed by atoms with E-state index in [2.05, 4.69) is 21.4 Å². The predicted molar refractivity (Wildman–Crippen MR) is 221 cm³/mol. The lowest BCUT2D eigenvalue weighted by Crippen LogP contribution is -2.52. The van der Waals surface area contributed by atoms with Crippen molar-refractivity contribution in [2.75, 3.05) is 56.0 Å². The normalized spacial score (nSPS) is 21.0. The third-order valence-corrected chi connectivity index (χ3v) is 12.8. The molecular formula is C46H46F2N6O8. The Bertz CT molecular complexity index is 2470. The van der Waals surface area contributed by atoms with Gasteiger partial charge < -0.3 is 33.9 Å². The quantitative estimate of drug-likeness (QED) is 0.191. The second-order valence-electron chi connectivity index (χ2n) is 16.7. The molecule has 4 fully saturated rings. The number of aromatic nitrogens is 1. The molecule has 9 rings (SSSR count). The summed E-state index contributed by atoms with van der Waals surface area (Å²) in [5.74, 6) is 0.866. The van der Waals surface area contributed by atoms with E-state index < -0.39 is 11.7 Å². The van der Waals surface area contributed by atoms with E-state index in [9.17, 15) is 32.8 Å². The number of hydrogen-bond donors (Lipinski definition) is 1. The molecule has 14 nitrogen and oxygen atoms in total. The second-order valence-corrected chi connectivity index (χ2v) is 16.7. The Hall–Kier alpha value is -6.58. The number of hydrogen-bond acceptors (Lipinski definition) is 9. The molecule has 322 valence electrons. The number of piperazine rings is 1. The molecule has 0 radical (unpaired) electrons. The molecule has 4 aromatic rings. The van der Waals surface area contributed by atoms with Gasteiger partial charge in [0.2, 0.25) is 29.5 Å². The van der Waals surface area contributed by atoms with E-state index in [0.717, 1.165) is 24.0 Å². The number of carbonyl (C=O) groups excluding carboxylic acids is 5. The van der Waals surface area contributed by atoms with Gasteiger partial charge in [-0.1, -0.05) is 30.8 Å². The van der Waals surface area contributed by atoms with E-state index in [1.54, 1.807) is 30.3 Å². The minimum atomic E-state index is -3.75. The number of nitrogens with one attached hydrogen (secondary N) is 1. The van der Waals surface area contributed by atoms with Crippen LogP contribution in [0.25, 0.3) is 11.3 Å². The van der Waals surface area contributed by atoms with Crippen LogP contribution in [0.4, 0.5) is 20.5 Å². The van der Waals surface area contributed by atoms with Gasteiger partial charge in [0.05, 0.1) is 11.1 Å². The maximum atomic E-state index is 14.0. The van der Waals surface area contributed by atoms with Crippen LogP contribution in [-0.4, -0.2) is 101 Å². The van der Waals surface area contributed by atoms with Crippen molar-refractivity contribution in [3.05, 3.63) is 102 Å². The highest BCUT2D eigenvalue weighted by molar-refractivity contribution is 6.01. The van der Waals surface area contributed by atoms with Crippen molar-refractivity contribution in [2.24, 2.45) is 11.8 Å². The summed E-state index contributed by atoms with van der Waals surface area (Å²) in [6.07, 6.45) is 0.762. The molecule has 62 heavy (non-hydrogen) atoms. The molecule has 2 aromatic heterocycles. The number of amides is 5. The molecule has 16 heteroatoms. The minimum Gasteiger partial charge on any atom is -0.445 e. The van der Waals surface area contributed by atoms with E-state index in [1.807, 2.05) is 41.0 Å². The molecule has 2 atom stereocenters. The average Bonchev–Trinajstić information content (AvgIpc) is 3.70. The lowest BCUT2D eigenvalue weighted by molar-refractivity contribution is -0.286. The molecule has 1 aliphatic carbocycles. The number of benzene rings is 2. The van der Waals surface area contributed by atoms with Crippen LogP contribution in [0.5, 0.6) is 11.5 Å². The molecule has 4 aliphatic heterocycles. The van der Waals surface area contributed by atoms with Crippen molar-refractivity contribution >= 4 is 41.2 Å². The molecule has 3 saturated heterocycles. The summed E-state index contributed by atoms with van der Waals surface area (Å²) < 4.78 is 42.4. The predicted octanol–water partition coefficient (Wildman–Crippen LogP) is 5.95. The molecule has 5 amide bonds.